The van der Waals surface area contributed by atoms with E-state index in [-0.39, 0.29) is 11.7 Å². The van der Waals surface area contributed by atoms with Gasteiger partial charge in [-0.3, -0.25) is 9.59 Å². The second-order valence-corrected chi connectivity index (χ2v) is 5.28. The minimum Gasteiger partial charge on any atom is -0.326 e. The van der Waals surface area contributed by atoms with Crippen molar-refractivity contribution >= 4 is 17.4 Å². The SMILES string of the molecule is CC(=O)c1ccc(NC(=O)Cc2ccc(C)c(C)c2)cc1. The van der Waals surface area contributed by atoms with E-state index in [1.165, 1.54) is 18.1 Å². The Labute approximate surface area is 125 Å². The normalized spacial score (nSPS) is 10.2. The first-order valence-electron chi connectivity index (χ1n) is 6.92. The van der Waals surface area contributed by atoms with Gasteiger partial charge in [-0.05, 0) is 61.7 Å². The van der Waals surface area contributed by atoms with E-state index in [9.17, 15) is 9.59 Å². The third-order valence-corrected chi connectivity index (χ3v) is 3.51. The van der Waals surface area contributed by atoms with Crippen LogP contribution in [0, 0.1) is 13.8 Å². The summed E-state index contributed by atoms with van der Waals surface area (Å²) in [5, 5.41) is 2.84. The molecule has 0 spiro atoms. The Hall–Kier alpha value is -2.42. The third-order valence-electron chi connectivity index (χ3n) is 3.51. The Balaban J connectivity index is 2.01. The zero-order chi connectivity index (χ0) is 15.4. The van der Waals surface area contributed by atoms with Crippen molar-refractivity contribution in [3.05, 3.63) is 64.7 Å². The van der Waals surface area contributed by atoms with Gasteiger partial charge in [0.25, 0.3) is 0 Å². The molecule has 2 aromatic carbocycles. The van der Waals surface area contributed by atoms with Crippen molar-refractivity contribution in [1.82, 2.24) is 0 Å². The van der Waals surface area contributed by atoms with Crippen molar-refractivity contribution in [3.8, 4) is 0 Å². The number of anilines is 1. The predicted octanol–water partition coefficient (Wildman–Crippen LogP) is 3.69. The van der Waals surface area contributed by atoms with E-state index in [2.05, 4.69) is 12.2 Å². The van der Waals surface area contributed by atoms with Gasteiger partial charge in [0.2, 0.25) is 5.91 Å². The van der Waals surface area contributed by atoms with Crippen LogP contribution in [-0.4, -0.2) is 11.7 Å². The van der Waals surface area contributed by atoms with Gasteiger partial charge in [0, 0.05) is 11.3 Å². The van der Waals surface area contributed by atoms with Crippen LogP contribution < -0.4 is 5.32 Å². The number of benzene rings is 2. The first kappa shape index (κ1) is 15.0. The highest BCUT2D eigenvalue weighted by molar-refractivity contribution is 5.96. The Morgan fingerprint density at radius 3 is 2.19 bits per heavy atom. The predicted molar refractivity (Wildman–Crippen MR) is 84.7 cm³/mol. The van der Waals surface area contributed by atoms with Crippen LogP contribution in [0.4, 0.5) is 5.69 Å². The maximum atomic E-state index is 12.0. The fourth-order valence-corrected chi connectivity index (χ4v) is 2.09. The lowest BCUT2D eigenvalue weighted by Gasteiger charge is -2.07. The van der Waals surface area contributed by atoms with Crippen LogP contribution in [0.3, 0.4) is 0 Å². The Morgan fingerprint density at radius 1 is 0.952 bits per heavy atom. The largest absolute Gasteiger partial charge is 0.326 e. The zero-order valence-electron chi connectivity index (χ0n) is 12.6. The van der Waals surface area contributed by atoms with Crippen molar-refractivity contribution in [2.24, 2.45) is 0 Å². The number of hydrogen-bond donors (Lipinski definition) is 1. The lowest BCUT2D eigenvalue weighted by molar-refractivity contribution is -0.115. The van der Waals surface area contributed by atoms with Crippen molar-refractivity contribution in [1.29, 1.82) is 0 Å². The number of rotatable bonds is 4. The number of ketones is 1. The number of carbonyl (C=O) groups excluding carboxylic acids is 2. The summed E-state index contributed by atoms with van der Waals surface area (Å²) in [5.41, 5.74) is 4.75. The van der Waals surface area contributed by atoms with Gasteiger partial charge in [0.05, 0.1) is 6.42 Å². The van der Waals surface area contributed by atoms with Gasteiger partial charge in [-0.25, -0.2) is 0 Å². The molecule has 108 valence electrons. The summed E-state index contributed by atoms with van der Waals surface area (Å²) in [6, 6.07) is 13.0. The number of carbonyl (C=O) groups is 2. The maximum Gasteiger partial charge on any atom is 0.228 e. The maximum absolute atomic E-state index is 12.0. The van der Waals surface area contributed by atoms with E-state index in [1.54, 1.807) is 24.3 Å². The number of aryl methyl sites for hydroxylation is 2. The Bertz CT molecular complexity index is 672. The first-order chi connectivity index (χ1) is 9.95. The fourth-order valence-electron chi connectivity index (χ4n) is 2.09. The van der Waals surface area contributed by atoms with Crippen molar-refractivity contribution in [3.63, 3.8) is 0 Å². The van der Waals surface area contributed by atoms with E-state index >= 15 is 0 Å². The molecular weight excluding hydrogens is 262 g/mol. The molecule has 1 amide bonds. The zero-order valence-corrected chi connectivity index (χ0v) is 12.6. The summed E-state index contributed by atoms with van der Waals surface area (Å²) >= 11 is 0. The second-order valence-electron chi connectivity index (χ2n) is 5.28. The van der Waals surface area contributed by atoms with Crippen LogP contribution in [-0.2, 0) is 11.2 Å². The van der Waals surface area contributed by atoms with E-state index < -0.39 is 0 Å². The topological polar surface area (TPSA) is 46.2 Å². The molecular formula is C18H19NO2. The first-order valence-corrected chi connectivity index (χ1v) is 6.92. The molecule has 2 rings (SSSR count). The highest BCUT2D eigenvalue weighted by Gasteiger charge is 2.06. The molecule has 3 heteroatoms. The molecule has 3 nitrogen and oxygen atoms in total. The molecule has 0 unspecified atom stereocenters. The van der Waals surface area contributed by atoms with Crippen LogP contribution in [0.2, 0.25) is 0 Å². The quantitative estimate of drug-likeness (QED) is 0.869. The molecule has 0 aliphatic heterocycles. The van der Waals surface area contributed by atoms with E-state index in [1.807, 2.05) is 25.1 Å². The van der Waals surface area contributed by atoms with Gasteiger partial charge < -0.3 is 5.32 Å². The molecule has 0 saturated carbocycles. The molecule has 0 aliphatic carbocycles. The Kier molecular flexibility index (Phi) is 4.53. The lowest BCUT2D eigenvalue weighted by atomic mass is 10.0. The van der Waals surface area contributed by atoms with Crippen LogP contribution >= 0.6 is 0 Å². The van der Waals surface area contributed by atoms with Crippen molar-refractivity contribution in [2.75, 3.05) is 5.32 Å². The molecule has 0 aliphatic rings. The highest BCUT2D eigenvalue weighted by Crippen LogP contribution is 2.13. The monoisotopic (exact) mass is 281 g/mol. The summed E-state index contributed by atoms with van der Waals surface area (Å²) in [7, 11) is 0. The van der Waals surface area contributed by atoms with Gasteiger partial charge in [-0.2, -0.15) is 0 Å². The molecule has 1 N–H and O–H groups in total. The molecule has 0 heterocycles. The standard InChI is InChI=1S/C18H19NO2/c1-12-4-5-15(10-13(12)2)11-18(21)19-17-8-6-16(7-9-17)14(3)20/h4-10H,11H2,1-3H3,(H,19,21). The summed E-state index contributed by atoms with van der Waals surface area (Å²) in [4.78, 5) is 23.2. The van der Waals surface area contributed by atoms with Crippen LogP contribution in [0.25, 0.3) is 0 Å². The van der Waals surface area contributed by atoms with Gasteiger partial charge in [0.1, 0.15) is 0 Å². The molecule has 0 fully saturated rings. The molecule has 0 bridgehead atoms. The molecule has 0 radical (unpaired) electrons. The molecule has 0 aromatic heterocycles. The van der Waals surface area contributed by atoms with Crippen LogP contribution in [0.5, 0.6) is 0 Å². The highest BCUT2D eigenvalue weighted by atomic mass is 16.1. The van der Waals surface area contributed by atoms with Gasteiger partial charge >= 0.3 is 0 Å². The number of hydrogen-bond acceptors (Lipinski definition) is 2. The summed E-state index contributed by atoms with van der Waals surface area (Å²) in [5.74, 6) is -0.0446. The third kappa shape index (κ3) is 4.02. The molecule has 21 heavy (non-hydrogen) atoms. The van der Waals surface area contributed by atoms with E-state index in [0.717, 1.165) is 5.56 Å². The van der Waals surface area contributed by atoms with E-state index in [4.69, 9.17) is 0 Å². The molecule has 0 saturated heterocycles. The fraction of sp³-hybridized carbons (Fsp3) is 0.222. The lowest BCUT2D eigenvalue weighted by Crippen LogP contribution is -2.14. The summed E-state index contributed by atoms with van der Waals surface area (Å²) < 4.78 is 0. The van der Waals surface area contributed by atoms with Gasteiger partial charge in [0.15, 0.2) is 5.78 Å². The number of amides is 1. The second kappa shape index (κ2) is 6.35. The minimum absolute atomic E-state index is 0.0167. The Morgan fingerprint density at radius 2 is 1.62 bits per heavy atom. The van der Waals surface area contributed by atoms with Gasteiger partial charge in [-0.15, -0.1) is 0 Å². The van der Waals surface area contributed by atoms with Gasteiger partial charge in [-0.1, -0.05) is 18.2 Å². The number of nitrogens with one attached hydrogen (secondary N) is 1. The van der Waals surface area contributed by atoms with E-state index in [0.29, 0.717) is 17.7 Å². The average Bonchev–Trinajstić information content (AvgIpc) is 2.43. The van der Waals surface area contributed by atoms with Crippen LogP contribution in [0.1, 0.15) is 34.0 Å². The minimum atomic E-state index is -0.0613. The average molecular weight is 281 g/mol. The molecule has 0 atom stereocenters. The van der Waals surface area contributed by atoms with Crippen LogP contribution in [0.15, 0.2) is 42.5 Å². The molecule has 2 aromatic rings. The number of Topliss-reactive ketones (excluding diaryl/α,β-unsaturated/α-hetero) is 1. The smallest absolute Gasteiger partial charge is 0.228 e. The van der Waals surface area contributed by atoms with Crippen molar-refractivity contribution < 1.29 is 9.59 Å². The summed E-state index contributed by atoms with van der Waals surface area (Å²) in [6.07, 6.45) is 0.343. The van der Waals surface area contributed by atoms with Crippen molar-refractivity contribution in [2.45, 2.75) is 27.2 Å². The summed E-state index contributed by atoms with van der Waals surface area (Å²) in [6.45, 7) is 5.61.